The lowest BCUT2D eigenvalue weighted by molar-refractivity contribution is -0.140. The molecule has 0 aromatic carbocycles. The van der Waals surface area contributed by atoms with Gasteiger partial charge in [-0.05, 0) is 11.4 Å². The number of H-pyrrole nitrogens is 1. The normalized spacial score (nSPS) is 11.9. The smallest absolute Gasteiger partial charge is 0.382 e. The average molecular weight is 233 g/mol. The van der Waals surface area contributed by atoms with Crippen molar-refractivity contribution in [2.45, 2.75) is 6.18 Å². The first-order valence-corrected chi connectivity index (χ1v) is 4.83. The van der Waals surface area contributed by atoms with E-state index in [-0.39, 0.29) is 11.4 Å². The van der Waals surface area contributed by atoms with E-state index < -0.39 is 11.9 Å². The molecule has 3 N–H and O–H groups in total. The van der Waals surface area contributed by atoms with Crippen molar-refractivity contribution in [3.05, 3.63) is 23.2 Å². The maximum Gasteiger partial charge on any atom is 0.433 e. The molecule has 15 heavy (non-hydrogen) atoms. The first-order valence-electron chi connectivity index (χ1n) is 3.95. The fourth-order valence-corrected chi connectivity index (χ4v) is 2.02. The van der Waals surface area contributed by atoms with E-state index in [1.54, 1.807) is 17.5 Å². The molecule has 80 valence electrons. The van der Waals surface area contributed by atoms with Crippen molar-refractivity contribution in [1.29, 1.82) is 0 Å². The number of hydrogen-bond donors (Lipinski definition) is 2. The van der Waals surface area contributed by atoms with Crippen LogP contribution in [0.1, 0.15) is 5.69 Å². The molecule has 0 atom stereocenters. The largest absolute Gasteiger partial charge is 0.433 e. The topological polar surface area (TPSA) is 54.7 Å². The Kier molecular flexibility index (Phi) is 2.18. The number of aromatic amines is 1. The van der Waals surface area contributed by atoms with Gasteiger partial charge in [0.2, 0.25) is 0 Å². The van der Waals surface area contributed by atoms with E-state index in [1.807, 2.05) is 5.10 Å². The van der Waals surface area contributed by atoms with E-state index in [9.17, 15) is 13.2 Å². The minimum Gasteiger partial charge on any atom is -0.382 e. The van der Waals surface area contributed by atoms with Gasteiger partial charge in [-0.2, -0.15) is 18.3 Å². The molecule has 0 spiro atoms. The first-order chi connectivity index (χ1) is 7.00. The molecule has 2 aromatic rings. The predicted octanol–water partition coefficient (Wildman–Crippen LogP) is 2.74. The second kappa shape index (κ2) is 3.27. The van der Waals surface area contributed by atoms with Crippen molar-refractivity contribution in [3.63, 3.8) is 0 Å². The third-order valence-electron chi connectivity index (χ3n) is 1.85. The molecule has 0 saturated heterocycles. The van der Waals surface area contributed by atoms with Gasteiger partial charge in [0.05, 0.1) is 5.56 Å². The molecular weight excluding hydrogens is 227 g/mol. The lowest BCUT2D eigenvalue weighted by Gasteiger charge is -2.05. The zero-order valence-electron chi connectivity index (χ0n) is 7.30. The second-order valence-corrected chi connectivity index (χ2v) is 3.78. The van der Waals surface area contributed by atoms with E-state index >= 15 is 0 Å². The van der Waals surface area contributed by atoms with Crippen molar-refractivity contribution < 1.29 is 13.2 Å². The molecule has 0 saturated carbocycles. The molecule has 0 bridgehead atoms. The number of rotatable bonds is 1. The Bertz CT molecular complexity index is 458. The highest BCUT2D eigenvalue weighted by molar-refractivity contribution is 7.13. The highest BCUT2D eigenvalue weighted by atomic mass is 32.1. The lowest BCUT2D eigenvalue weighted by Crippen LogP contribution is -2.07. The van der Waals surface area contributed by atoms with Gasteiger partial charge in [-0.1, -0.05) is 6.07 Å². The fraction of sp³-hybridized carbons (Fsp3) is 0.125. The van der Waals surface area contributed by atoms with Gasteiger partial charge in [-0.25, -0.2) is 0 Å². The number of halogens is 3. The number of anilines is 1. The zero-order valence-corrected chi connectivity index (χ0v) is 8.12. The van der Waals surface area contributed by atoms with Crippen molar-refractivity contribution in [3.8, 4) is 10.4 Å². The van der Waals surface area contributed by atoms with Gasteiger partial charge in [-0.15, -0.1) is 11.3 Å². The number of nitrogen functional groups attached to an aromatic ring is 1. The van der Waals surface area contributed by atoms with E-state index in [0.717, 1.165) is 0 Å². The summed E-state index contributed by atoms with van der Waals surface area (Å²) in [7, 11) is 0. The molecule has 2 aromatic heterocycles. The van der Waals surface area contributed by atoms with E-state index in [0.29, 0.717) is 4.88 Å². The minimum absolute atomic E-state index is 0.0718. The highest BCUT2D eigenvalue weighted by Gasteiger charge is 2.37. The Labute approximate surface area is 86.7 Å². The maximum absolute atomic E-state index is 12.5. The number of alkyl halides is 3. The van der Waals surface area contributed by atoms with Crippen LogP contribution in [-0.2, 0) is 6.18 Å². The summed E-state index contributed by atoms with van der Waals surface area (Å²) in [5.74, 6) is -0.134. The van der Waals surface area contributed by atoms with Crippen LogP contribution in [-0.4, -0.2) is 10.2 Å². The van der Waals surface area contributed by atoms with E-state index in [2.05, 4.69) is 5.10 Å². The monoisotopic (exact) mass is 233 g/mol. The van der Waals surface area contributed by atoms with Crippen LogP contribution < -0.4 is 5.73 Å². The predicted molar refractivity (Wildman–Crippen MR) is 51.3 cm³/mol. The lowest BCUT2D eigenvalue weighted by atomic mass is 10.2. The van der Waals surface area contributed by atoms with Crippen molar-refractivity contribution >= 4 is 17.2 Å². The number of nitrogens with zero attached hydrogens (tertiary/aromatic N) is 1. The molecule has 2 heterocycles. The van der Waals surface area contributed by atoms with Gasteiger partial charge in [-0.3, -0.25) is 5.10 Å². The Morgan fingerprint density at radius 1 is 1.40 bits per heavy atom. The molecule has 0 unspecified atom stereocenters. The molecule has 2 rings (SSSR count). The molecule has 0 radical (unpaired) electrons. The van der Waals surface area contributed by atoms with E-state index in [4.69, 9.17) is 5.73 Å². The summed E-state index contributed by atoms with van der Waals surface area (Å²) in [6, 6.07) is 3.23. The van der Waals surface area contributed by atoms with Crippen LogP contribution in [0.2, 0.25) is 0 Å². The average Bonchev–Trinajstić information content (AvgIpc) is 2.69. The van der Waals surface area contributed by atoms with Crippen LogP contribution in [0.3, 0.4) is 0 Å². The Balaban J connectivity index is 2.60. The molecule has 0 aliphatic rings. The molecule has 0 amide bonds. The van der Waals surface area contributed by atoms with Gasteiger partial charge in [0.15, 0.2) is 5.82 Å². The van der Waals surface area contributed by atoms with Gasteiger partial charge in [0.1, 0.15) is 5.69 Å². The van der Waals surface area contributed by atoms with E-state index in [1.165, 1.54) is 11.3 Å². The molecule has 0 aliphatic heterocycles. The number of aromatic nitrogens is 2. The fourth-order valence-electron chi connectivity index (χ4n) is 1.23. The Morgan fingerprint density at radius 3 is 2.67 bits per heavy atom. The molecule has 3 nitrogen and oxygen atoms in total. The third kappa shape index (κ3) is 1.70. The minimum atomic E-state index is -4.47. The first kappa shape index (κ1) is 10.0. The van der Waals surface area contributed by atoms with Crippen LogP contribution in [0.25, 0.3) is 10.4 Å². The number of hydrogen-bond acceptors (Lipinski definition) is 3. The van der Waals surface area contributed by atoms with Gasteiger partial charge in [0, 0.05) is 4.88 Å². The summed E-state index contributed by atoms with van der Waals surface area (Å²) in [5, 5.41) is 6.97. The molecule has 7 heteroatoms. The van der Waals surface area contributed by atoms with Crippen LogP contribution in [0.4, 0.5) is 19.0 Å². The summed E-state index contributed by atoms with van der Waals surface area (Å²) in [4.78, 5) is 0.452. The summed E-state index contributed by atoms with van der Waals surface area (Å²) in [6.07, 6.45) is -4.47. The second-order valence-electron chi connectivity index (χ2n) is 2.83. The zero-order chi connectivity index (χ0) is 11.1. The summed E-state index contributed by atoms with van der Waals surface area (Å²) in [6.45, 7) is 0. The Hall–Kier alpha value is -1.50. The van der Waals surface area contributed by atoms with Crippen LogP contribution in [0, 0.1) is 0 Å². The summed E-state index contributed by atoms with van der Waals surface area (Å²) >= 11 is 1.19. The number of nitrogens with one attached hydrogen (secondary N) is 1. The summed E-state index contributed by atoms with van der Waals surface area (Å²) < 4.78 is 37.6. The number of thiophene rings is 1. The standard InChI is InChI=1S/C8H6F3N3S/c9-8(10,11)6-5(7(12)14-13-6)4-2-1-3-15-4/h1-3H,(H3,12,13,14). The van der Waals surface area contributed by atoms with Gasteiger partial charge in [0.25, 0.3) is 0 Å². The van der Waals surface area contributed by atoms with Crippen molar-refractivity contribution in [1.82, 2.24) is 10.2 Å². The maximum atomic E-state index is 12.5. The Morgan fingerprint density at radius 2 is 2.13 bits per heavy atom. The van der Waals surface area contributed by atoms with Crippen molar-refractivity contribution in [2.24, 2.45) is 0 Å². The number of nitrogens with two attached hydrogens (primary N) is 1. The van der Waals surface area contributed by atoms with Crippen LogP contribution >= 0.6 is 11.3 Å². The van der Waals surface area contributed by atoms with Crippen molar-refractivity contribution in [2.75, 3.05) is 5.73 Å². The molecule has 0 fully saturated rings. The quantitative estimate of drug-likeness (QED) is 0.795. The molecular formula is C8H6F3N3S. The van der Waals surface area contributed by atoms with Gasteiger partial charge >= 0.3 is 6.18 Å². The van der Waals surface area contributed by atoms with Crippen LogP contribution in [0.5, 0.6) is 0 Å². The SMILES string of the molecule is Nc1n[nH]c(C(F)(F)F)c1-c1cccs1. The highest BCUT2D eigenvalue weighted by Crippen LogP contribution is 2.39. The summed E-state index contributed by atoms with van der Waals surface area (Å²) in [5.41, 5.74) is 4.42. The molecule has 0 aliphatic carbocycles. The van der Waals surface area contributed by atoms with Gasteiger partial charge < -0.3 is 5.73 Å². The third-order valence-corrected chi connectivity index (χ3v) is 2.73. The van der Waals surface area contributed by atoms with Crippen LogP contribution in [0.15, 0.2) is 17.5 Å².